The number of carbonyl (C=O) groups excluding carboxylic acids is 2. The molecule has 0 aromatic heterocycles. The van der Waals surface area contributed by atoms with Crippen molar-refractivity contribution in [2.24, 2.45) is 0 Å². The molecule has 3 aromatic carbocycles. The fourth-order valence-corrected chi connectivity index (χ4v) is 6.97. The van der Waals surface area contributed by atoms with E-state index in [0.29, 0.717) is 15.6 Å². The molecule has 0 radical (unpaired) electrons. The Kier molecular flexibility index (Phi) is 10.0. The number of sulfonamides is 1. The van der Waals surface area contributed by atoms with Crippen molar-refractivity contribution in [3.63, 3.8) is 0 Å². The number of rotatable bonds is 10. The van der Waals surface area contributed by atoms with Gasteiger partial charge in [0.15, 0.2) is 0 Å². The first-order valence-corrected chi connectivity index (χ1v) is 15.5. The van der Waals surface area contributed by atoms with Gasteiger partial charge in [-0.15, -0.1) is 0 Å². The number of para-hydroxylation sites is 1. The van der Waals surface area contributed by atoms with E-state index in [1.807, 2.05) is 0 Å². The molecular weight excluding hydrogens is 593 g/mol. The Morgan fingerprint density at radius 3 is 2.08 bits per heavy atom. The molecule has 1 N–H and O–H groups in total. The van der Waals surface area contributed by atoms with Crippen molar-refractivity contribution < 1.29 is 18.0 Å². The minimum absolute atomic E-state index is 0.00422. The lowest BCUT2D eigenvalue weighted by Crippen LogP contribution is -2.52. The second-order valence-electron chi connectivity index (χ2n) is 9.66. The molecule has 1 unspecified atom stereocenters. The number of nitrogens with one attached hydrogen (secondary N) is 1. The second-order valence-corrected chi connectivity index (χ2v) is 12.7. The average Bonchev–Trinajstić information content (AvgIpc) is 3.45. The van der Waals surface area contributed by atoms with E-state index in [9.17, 15) is 18.0 Å². The smallest absolute Gasteiger partial charge is 0.264 e. The van der Waals surface area contributed by atoms with Gasteiger partial charge in [0.1, 0.15) is 12.6 Å². The zero-order chi connectivity index (χ0) is 28.9. The van der Waals surface area contributed by atoms with Crippen LogP contribution < -0.4 is 9.62 Å². The van der Waals surface area contributed by atoms with Gasteiger partial charge in [0.2, 0.25) is 11.8 Å². The largest absolute Gasteiger partial charge is 0.352 e. The first kappa shape index (κ1) is 30.2. The van der Waals surface area contributed by atoms with Gasteiger partial charge in [-0.1, -0.05) is 84.0 Å². The van der Waals surface area contributed by atoms with Gasteiger partial charge >= 0.3 is 0 Å². The van der Waals surface area contributed by atoms with Crippen LogP contribution in [0.2, 0.25) is 15.1 Å². The highest BCUT2D eigenvalue weighted by Gasteiger charge is 2.34. The summed E-state index contributed by atoms with van der Waals surface area (Å²) in [5, 5.41) is 3.84. The lowest BCUT2D eigenvalue weighted by molar-refractivity contribution is -0.139. The molecular formula is C29H30Cl3N3O4S. The zero-order valence-corrected chi connectivity index (χ0v) is 25.0. The average molecular weight is 623 g/mol. The molecule has 1 atom stereocenters. The van der Waals surface area contributed by atoms with Crippen molar-refractivity contribution in [3.05, 3.63) is 93.4 Å². The summed E-state index contributed by atoms with van der Waals surface area (Å²) in [7, 11) is -4.21. The maximum absolute atomic E-state index is 14.0. The number of hydrogen-bond donors (Lipinski definition) is 1. The molecule has 0 heterocycles. The predicted octanol–water partition coefficient (Wildman–Crippen LogP) is 6.32. The van der Waals surface area contributed by atoms with Crippen LogP contribution in [0.3, 0.4) is 0 Å². The number of anilines is 1. The van der Waals surface area contributed by atoms with E-state index in [2.05, 4.69) is 5.32 Å². The molecule has 1 fully saturated rings. The van der Waals surface area contributed by atoms with Gasteiger partial charge < -0.3 is 10.2 Å². The van der Waals surface area contributed by atoms with Gasteiger partial charge in [-0.2, -0.15) is 0 Å². The van der Waals surface area contributed by atoms with Crippen LogP contribution >= 0.6 is 34.8 Å². The van der Waals surface area contributed by atoms with Crippen molar-refractivity contribution in [3.8, 4) is 0 Å². The maximum atomic E-state index is 14.0. The summed E-state index contributed by atoms with van der Waals surface area (Å²) in [4.78, 5) is 28.6. The van der Waals surface area contributed by atoms with Gasteiger partial charge in [-0.05, 0) is 56.2 Å². The number of benzene rings is 3. The standard InChI is InChI=1S/C29H30Cl3N3O4S/c1-20(29(37)33-21-10-5-6-11-21)34(18-23-24(30)15-9-16-25(23)31)28(36)19-35(27-17-8-7-14-26(27)32)40(38,39)22-12-3-2-4-13-22/h2-4,7-9,12-17,20-21H,5-6,10-11,18-19H2,1H3,(H,33,37). The third kappa shape index (κ3) is 6.92. The van der Waals surface area contributed by atoms with E-state index < -0.39 is 28.5 Å². The minimum atomic E-state index is -4.21. The van der Waals surface area contributed by atoms with Crippen LogP contribution in [0.4, 0.5) is 5.69 Å². The Bertz CT molecular complexity index is 1440. The highest BCUT2D eigenvalue weighted by molar-refractivity contribution is 7.92. The van der Waals surface area contributed by atoms with Gasteiger partial charge in [0.05, 0.1) is 15.6 Å². The van der Waals surface area contributed by atoms with Crippen molar-refractivity contribution in [2.45, 2.75) is 56.1 Å². The van der Waals surface area contributed by atoms with E-state index in [1.54, 1.807) is 61.5 Å². The highest BCUT2D eigenvalue weighted by Crippen LogP contribution is 2.31. The van der Waals surface area contributed by atoms with Crippen molar-refractivity contribution >= 4 is 62.3 Å². The van der Waals surface area contributed by atoms with E-state index in [0.717, 1.165) is 30.0 Å². The van der Waals surface area contributed by atoms with E-state index in [1.165, 1.54) is 23.1 Å². The van der Waals surface area contributed by atoms with Crippen LogP contribution in [0.5, 0.6) is 0 Å². The van der Waals surface area contributed by atoms with Gasteiger partial charge in [0.25, 0.3) is 10.0 Å². The Hall–Kier alpha value is -2.78. The summed E-state index contributed by atoms with van der Waals surface area (Å²) < 4.78 is 28.6. The van der Waals surface area contributed by atoms with Crippen LogP contribution in [0, 0.1) is 0 Å². The van der Waals surface area contributed by atoms with E-state index >= 15 is 0 Å². The third-order valence-corrected chi connectivity index (χ3v) is 9.79. The van der Waals surface area contributed by atoms with Crippen LogP contribution in [0.15, 0.2) is 77.7 Å². The molecule has 0 aliphatic heterocycles. The topological polar surface area (TPSA) is 86.8 Å². The van der Waals surface area contributed by atoms with Crippen molar-refractivity contribution in [2.75, 3.05) is 10.8 Å². The third-order valence-electron chi connectivity index (χ3n) is 6.99. The molecule has 0 bridgehead atoms. The summed E-state index contributed by atoms with van der Waals surface area (Å²) >= 11 is 19.3. The number of halogens is 3. The van der Waals surface area contributed by atoms with Gasteiger partial charge in [0, 0.05) is 28.2 Å². The molecule has 40 heavy (non-hydrogen) atoms. The first-order valence-electron chi connectivity index (χ1n) is 12.9. The van der Waals surface area contributed by atoms with E-state index in [-0.39, 0.29) is 34.1 Å². The lowest BCUT2D eigenvalue weighted by Gasteiger charge is -2.33. The SMILES string of the molecule is CC(C(=O)NC1CCCC1)N(Cc1c(Cl)cccc1Cl)C(=O)CN(c1ccccc1Cl)S(=O)(=O)c1ccccc1. The van der Waals surface area contributed by atoms with Crippen LogP contribution in [0.1, 0.15) is 38.2 Å². The van der Waals surface area contributed by atoms with E-state index in [4.69, 9.17) is 34.8 Å². The molecule has 2 amide bonds. The fourth-order valence-electron chi connectivity index (χ4n) is 4.72. The Morgan fingerprint density at radius 2 is 1.45 bits per heavy atom. The van der Waals surface area contributed by atoms with Crippen molar-refractivity contribution in [1.29, 1.82) is 0 Å². The Labute approximate surface area is 250 Å². The van der Waals surface area contributed by atoms with Gasteiger partial charge in [-0.25, -0.2) is 8.42 Å². The summed E-state index contributed by atoms with van der Waals surface area (Å²) in [5.74, 6) is -0.955. The predicted molar refractivity (Wildman–Crippen MR) is 159 cm³/mol. The minimum Gasteiger partial charge on any atom is -0.352 e. The molecule has 7 nitrogen and oxygen atoms in total. The van der Waals surface area contributed by atoms with Gasteiger partial charge in [-0.3, -0.25) is 13.9 Å². The monoisotopic (exact) mass is 621 g/mol. The number of amides is 2. The lowest BCUT2D eigenvalue weighted by atomic mass is 10.1. The molecule has 1 aliphatic rings. The molecule has 11 heteroatoms. The molecule has 1 aliphatic carbocycles. The van der Waals surface area contributed by atoms with Crippen molar-refractivity contribution in [1.82, 2.24) is 10.2 Å². The zero-order valence-electron chi connectivity index (χ0n) is 21.9. The number of nitrogens with zero attached hydrogens (tertiary/aromatic N) is 2. The molecule has 4 rings (SSSR count). The highest BCUT2D eigenvalue weighted by atomic mass is 35.5. The fraction of sp³-hybridized carbons (Fsp3) is 0.310. The molecule has 1 saturated carbocycles. The van der Waals surface area contributed by atoms with Crippen LogP contribution in [-0.4, -0.2) is 43.8 Å². The molecule has 0 saturated heterocycles. The van der Waals surface area contributed by atoms with Crippen LogP contribution in [0.25, 0.3) is 0 Å². The number of hydrogen-bond acceptors (Lipinski definition) is 4. The Morgan fingerprint density at radius 1 is 0.875 bits per heavy atom. The maximum Gasteiger partial charge on any atom is 0.264 e. The summed E-state index contributed by atoms with van der Waals surface area (Å²) in [6, 6.07) is 18.2. The quantitative estimate of drug-likeness (QED) is 0.287. The molecule has 212 valence electrons. The molecule has 0 spiro atoms. The summed E-state index contributed by atoms with van der Waals surface area (Å²) in [6.45, 7) is 0.904. The molecule has 3 aromatic rings. The summed E-state index contributed by atoms with van der Waals surface area (Å²) in [6.07, 6.45) is 3.80. The van der Waals surface area contributed by atoms with Crippen LogP contribution in [-0.2, 0) is 26.2 Å². The first-order chi connectivity index (χ1) is 19.1. The number of carbonyl (C=O) groups is 2. The summed E-state index contributed by atoms with van der Waals surface area (Å²) in [5.41, 5.74) is 0.593. The second kappa shape index (κ2) is 13.3. The Balaban J connectivity index is 1.72. The normalized spacial score (nSPS) is 14.5.